The number of likely N-dealkylation sites (tertiary alicyclic amines) is 1. The highest BCUT2D eigenvalue weighted by Gasteiger charge is 2.32. The number of carbonyl (C=O) groups excluding carboxylic acids is 1. The molecule has 0 aliphatic carbocycles. The number of nitrogens with zero attached hydrogens (tertiary/aromatic N) is 2. The van der Waals surface area contributed by atoms with Crippen LogP contribution in [0.3, 0.4) is 0 Å². The Labute approximate surface area is 114 Å². The van der Waals surface area contributed by atoms with Crippen LogP contribution in [0.1, 0.15) is 39.0 Å². The molecular formula is C13H24N2O4. The summed E-state index contributed by atoms with van der Waals surface area (Å²) >= 11 is 0. The van der Waals surface area contributed by atoms with E-state index in [4.69, 9.17) is 10.2 Å². The van der Waals surface area contributed by atoms with Crippen LogP contribution in [-0.4, -0.2) is 64.3 Å². The van der Waals surface area contributed by atoms with Gasteiger partial charge >= 0.3 is 12.0 Å². The zero-order valence-corrected chi connectivity index (χ0v) is 11.5. The summed E-state index contributed by atoms with van der Waals surface area (Å²) in [4.78, 5) is 26.5. The Morgan fingerprint density at radius 2 is 2.11 bits per heavy atom. The maximum absolute atomic E-state index is 12.4. The average Bonchev–Trinajstić information content (AvgIpc) is 2.80. The smallest absolute Gasteiger partial charge is 0.320 e. The summed E-state index contributed by atoms with van der Waals surface area (Å²) in [6, 6.07) is -0.334. The van der Waals surface area contributed by atoms with Crippen LogP contribution in [0.5, 0.6) is 0 Å². The normalized spacial score (nSPS) is 18.6. The summed E-state index contributed by atoms with van der Waals surface area (Å²) in [5.74, 6) is -0.869. The number of unbranched alkanes of at least 4 members (excludes halogenated alkanes) is 1. The minimum absolute atomic E-state index is 0.00643. The highest BCUT2D eigenvalue weighted by molar-refractivity contribution is 5.76. The summed E-state index contributed by atoms with van der Waals surface area (Å²) < 4.78 is 0. The van der Waals surface area contributed by atoms with Gasteiger partial charge in [-0.25, -0.2) is 4.79 Å². The first kappa shape index (κ1) is 15.8. The van der Waals surface area contributed by atoms with E-state index in [0.29, 0.717) is 19.6 Å². The molecule has 1 atom stereocenters. The molecule has 0 spiro atoms. The second-order valence-corrected chi connectivity index (χ2v) is 4.93. The molecule has 1 aliphatic heterocycles. The van der Waals surface area contributed by atoms with Crippen LogP contribution in [0, 0.1) is 0 Å². The maximum Gasteiger partial charge on any atom is 0.320 e. The van der Waals surface area contributed by atoms with E-state index in [9.17, 15) is 9.59 Å². The molecule has 0 radical (unpaired) electrons. The van der Waals surface area contributed by atoms with Gasteiger partial charge in [0.05, 0.1) is 13.0 Å². The van der Waals surface area contributed by atoms with Gasteiger partial charge in [0.15, 0.2) is 0 Å². The van der Waals surface area contributed by atoms with Gasteiger partial charge in [-0.2, -0.15) is 0 Å². The number of aliphatic carboxylic acids is 1. The van der Waals surface area contributed by atoms with E-state index in [2.05, 4.69) is 0 Å². The molecule has 1 heterocycles. The molecule has 6 nitrogen and oxygen atoms in total. The van der Waals surface area contributed by atoms with Crippen molar-refractivity contribution in [2.75, 3.05) is 26.2 Å². The van der Waals surface area contributed by atoms with Gasteiger partial charge in [0.25, 0.3) is 0 Å². The quantitative estimate of drug-likeness (QED) is 0.728. The molecule has 0 aromatic rings. The van der Waals surface area contributed by atoms with Crippen molar-refractivity contribution in [3.8, 4) is 0 Å². The zero-order valence-electron chi connectivity index (χ0n) is 11.5. The van der Waals surface area contributed by atoms with Crippen LogP contribution >= 0.6 is 0 Å². The molecule has 0 bridgehead atoms. The number of carboxylic acid groups (broad SMARTS) is 1. The molecule has 19 heavy (non-hydrogen) atoms. The van der Waals surface area contributed by atoms with Gasteiger partial charge in [-0.3, -0.25) is 4.79 Å². The molecule has 1 fully saturated rings. The van der Waals surface area contributed by atoms with Crippen molar-refractivity contribution in [2.24, 2.45) is 0 Å². The molecule has 0 aromatic heterocycles. The van der Waals surface area contributed by atoms with Crippen molar-refractivity contribution in [1.29, 1.82) is 0 Å². The Balaban J connectivity index is 2.63. The number of urea groups is 1. The standard InChI is InChI=1S/C13H24N2O4/c1-2-3-6-14(8-9-16)13(19)15-7-4-5-11(15)10-12(17)18/h11,16H,2-10H2,1H3,(H,17,18). The number of aliphatic hydroxyl groups is 1. The Kier molecular flexibility index (Phi) is 6.62. The van der Waals surface area contributed by atoms with Gasteiger partial charge in [-0.1, -0.05) is 13.3 Å². The monoisotopic (exact) mass is 272 g/mol. The highest BCUT2D eigenvalue weighted by Crippen LogP contribution is 2.21. The first-order valence-corrected chi connectivity index (χ1v) is 6.98. The van der Waals surface area contributed by atoms with E-state index in [0.717, 1.165) is 25.7 Å². The minimum Gasteiger partial charge on any atom is -0.481 e. The summed E-state index contributed by atoms with van der Waals surface area (Å²) in [6.07, 6.45) is 3.48. The lowest BCUT2D eigenvalue weighted by atomic mass is 10.1. The van der Waals surface area contributed by atoms with E-state index in [-0.39, 0.29) is 25.1 Å². The van der Waals surface area contributed by atoms with E-state index < -0.39 is 5.97 Å². The molecule has 1 unspecified atom stereocenters. The lowest BCUT2D eigenvalue weighted by Crippen LogP contribution is -2.47. The number of rotatable bonds is 7. The molecule has 1 rings (SSSR count). The fraction of sp³-hybridized carbons (Fsp3) is 0.846. The van der Waals surface area contributed by atoms with Gasteiger partial charge in [0.2, 0.25) is 0 Å². The van der Waals surface area contributed by atoms with Crippen molar-refractivity contribution in [3.63, 3.8) is 0 Å². The second-order valence-electron chi connectivity index (χ2n) is 4.93. The van der Waals surface area contributed by atoms with Crippen LogP contribution in [0.2, 0.25) is 0 Å². The van der Waals surface area contributed by atoms with Crippen molar-refractivity contribution in [1.82, 2.24) is 9.80 Å². The van der Waals surface area contributed by atoms with E-state index in [1.165, 1.54) is 0 Å². The highest BCUT2D eigenvalue weighted by atomic mass is 16.4. The van der Waals surface area contributed by atoms with Gasteiger partial charge in [-0.15, -0.1) is 0 Å². The van der Waals surface area contributed by atoms with Crippen molar-refractivity contribution < 1.29 is 19.8 Å². The van der Waals surface area contributed by atoms with Crippen LogP contribution < -0.4 is 0 Å². The van der Waals surface area contributed by atoms with Crippen LogP contribution in [0.4, 0.5) is 4.79 Å². The summed E-state index contributed by atoms with van der Waals surface area (Å²) in [5.41, 5.74) is 0. The number of hydrogen-bond donors (Lipinski definition) is 2. The van der Waals surface area contributed by atoms with Gasteiger partial charge < -0.3 is 20.0 Å². The third-order valence-electron chi connectivity index (χ3n) is 3.46. The molecular weight excluding hydrogens is 248 g/mol. The average molecular weight is 272 g/mol. The zero-order chi connectivity index (χ0) is 14.3. The van der Waals surface area contributed by atoms with Crippen LogP contribution in [-0.2, 0) is 4.79 Å². The Morgan fingerprint density at radius 1 is 1.37 bits per heavy atom. The fourth-order valence-electron chi connectivity index (χ4n) is 2.46. The predicted octanol–water partition coefficient (Wildman–Crippen LogP) is 1.14. The predicted molar refractivity (Wildman–Crippen MR) is 70.9 cm³/mol. The van der Waals surface area contributed by atoms with Gasteiger partial charge in [0, 0.05) is 25.7 Å². The molecule has 2 amide bonds. The molecule has 6 heteroatoms. The molecule has 1 saturated heterocycles. The Morgan fingerprint density at radius 3 is 2.68 bits per heavy atom. The van der Waals surface area contributed by atoms with E-state index >= 15 is 0 Å². The fourth-order valence-corrected chi connectivity index (χ4v) is 2.46. The molecule has 0 saturated carbocycles. The molecule has 2 N–H and O–H groups in total. The maximum atomic E-state index is 12.4. The Bertz CT molecular complexity index is 309. The second kappa shape index (κ2) is 7.99. The summed E-state index contributed by atoms with van der Waals surface area (Å²) in [5, 5.41) is 17.9. The minimum atomic E-state index is -0.869. The number of hydrogen-bond acceptors (Lipinski definition) is 3. The van der Waals surface area contributed by atoms with Gasteiger partial charge in [0.1, 0.15) is 0 Å². The van der Waals surface area contributed by atoms with Crippen LogP contribution in [0.15, 0.2) is 0 Å². The number of carbonyl (C=O) groups is 2. The third kappa shape index (κ3) is 4.70. The number of aliphatic hydroxyl groups excluding tert-OH is 1. The first-order valence-electron chi connectivity index (χ1n) is 6.98. The van der Waals surface area contributed by atoms with Crippen LogP contribution in [0.25, 0.3) is 0 Å². The van der Waals surface area contributed by atoms with E-state index in [1.807, 2.05) is 6.92 Å². The summed E-state index contributed by atoms with van der Waals surface area (Å²) in [6.45, 7) is 3.53. The largest absolute Gasteiger partial charge is 0.481 e. The SMILES string of the molecule is CCCCN(CCO)C(=O)N1CCCC1CC(=O)O. The summed E-state index contributed by atoms with van der Waals surface area (Å²) in [7, 11) is 0. The third-order valence-corrected chi connectivity index (χ3v) is 3.46. The van der Waals surface area contributed by atoms with Crippen molar-refractivity contribution in [2.45, 2.75) is 45.1 Å². The lowest BCUT2D eigenvalue weighted by molar-refractivity contribution is -0.138. The lowest BCUT2D eigenvalue weighted by Gasteiger charge is -2.31. The first-order chi connectivity index (χ1) is 9.10. The van der Waals surface area contributed by atoms with Gasteiger partial charge in [-0.05, 0) is 19.3 Å². The van der Waals surface area contributed by atoms with Crippen molar-refractivity contribution in [3.05, 3.63) is 0 Å². The number of amides is 2. The Hall–Kier alpha value is -1.30. The van der Waals surface area contributed by atoms with E-state index in [1.54, 1.807) is 9.80 Å². The molecule has 0 aromatic carbocycles. The topological polar surface area (TPSA) is 81.1 Å². The molecule has 110 valence electrons. The number of carboxylic acids is 1. The molecule has 1 aliphatic rings. The van der Waals surface area contributed by atoms with Crippen molar-refractivity contribution >= 4 is 12.0 Å².